The highest BCUT2D eigenvalue weighted by Gasteiger charge is 2.23. The second kappa shape index (κ2) is 5.43. The minimum absolute atomic E-state index is 0.143. The molecule has 0 saturated heterocycles. The summed E-state index contributed by atoms with van der Waals surface area (Å²) in [5.41, 5.74) is 0.106. The van der Waals surface area contributed by atoms with Gasteiger partial charge in [0.1, 0.15) is 23.0 Å². The first kappa shape index (κ1) is 14.2. The lowest BCUT2D eigenvalue weighted by Crippen LogP contribution is -2.11. The summed E-state index contributed by atoms with van der Waals surface area (Å²) in [7, 11) is 1.53. The summed E-state index contributed by atoms with van der Waals surface area (Å²) in [4.78, 5) is 15.4. The number of thiazole rings is 1. The normalized spacial score (nSPS) is 11.3. The highest BCUT2D eigenvalue weighted by molar-refractivity contribution is 9.11. The Hall–Kier alpha value is -1.19. The van der Waals surface area contributed by atoms with Gasteiger partial charge in [-0.1, -0.05) is 0 Å². The van der Waals surface area contributed by atoms with Gasteiger partial charge in [-0.05, 0) is 15.9 Å². The number of alkyl halides is 2. The second-order valence-corrected chi connectivity index (χ2v) is 5.91. The number of ketones is 1. The van der Waals surface area contributed by atoms with Crippen LogP contribution in [0.2, 0.25) is 0 Å². The van der Waals surface area contributed by atoms with Crippen LogP contribution in [0.1, 0.15) is 22.6 Å². The van der Waals surface area contributed by atoms with Crippen molar-refractivity contribution in [1.29, 1.82) is 0 Å². The SMILES string of the molecule is Cn1ncc(-c2nc(C(F)F)c(Br)s2)c1C(=O)CO. The summed E-state index contributed by atoms with van der Waals surface area (Å²) in [6.07, 6.45) is -1.34. The summed E-state index contributed by atoms with van der Waals surface area (Å²) in [5, 5.41) is 13.1. The van der Waals surface area contributed by atoms with E-state index in [0.717, 1.165) is 11.3 Å². The summed E-state index contributed by atoms with van der Waals surface area (Å²) in [5.74, 6) is -0.542. The molecule has 0 aliphatic rings. The van der Waals surface area contributed by atoms with Crippen molar-refractivity contribution in [1.82, 2.24) is 14.8 Å². The number of Topliss-reactive ketones (excluding diaryl/α,β-unsaturated/α-hetero) is 1. The first-order chi connectivity index (χ1) is 8.95. The summed E-state index contributed by atoms with van der Waals surface area (Å²) in [6, 6.07) is 0. The first-order valence-corrected chi connectivity index (χ1v) is 6.67. The molecule has 0 aromatic carbocycles. The van der Waals surface area contributed by atoms with E-state index in [2.05, 4.69) is 26.0 Å². The van der Waals surface area contributed by atoms with Gasteiger partial charge in [0, 0.05) is 7.05 Å². The standard InChI is InChI=1S/C10H8BrF2N3O2S/c1-16-7(5(18)3-17)4(2-14-16)10-15-6(9(12)13)8(11)19-10/h2,9,17H,3H2,1H3. The van der Waals surface area contributed by atoms with Crippen molar-refractivity contribution in [3.8, 4) is 10.6 Å². The number of carbonyl (C=O) groups excluding carboxylic acids is 1. The third-order valence-electron chi connectivity index (χ3n) is 2.39. The number of nitrogens with zero attached hydrogens (tertiary/aromatic N) is 3. The Morgan fingerprint density at radius 1 is 1.63 bits per heavy atom. The average molecular weight is 352 g/mol. The van der Waals surface area contributed by atoms with Gasteiger partial charge in [0.25, 0.3) is 6.43 Å². The Bertz CT molecular complexity index is 626. The van der Waals surface area contributed by atoms with Crippen molar-refractivity contribution < 1.29 is 18.7 Å². The van der Waals surface area contributed by atoms with Crippen molar-refractivity contribution in [2.75, 3.05) is 6.61 Å². The molecule has 2 aromatic heterocycles. The summed E-state index contributed by atoms with van der Waals surface area (Å²) < 4.78 is 26.8. The van der Waals surface area contributed by atoms with Gasteiger partial charge < -0.3 is 5.11 Å². The highest BCUT2D eigenvalue weighted by atomic mass is 79.9. The van der Waals surface area contributed by atoms with Crippen molar-refractivity contribution in [3.05, 3.63) is 21.4 Å². The number of aliphatic hydroxyl groups excluding tert-OH is 1. The molecule has 9 heteroatoms. The van der Waals surface area contributed by atoms with Gasteiger partial charge in [-0.25, -0.2) is 13.8 Å². The summed E-state index contributed by atoms with van der Waals surface area (Å²) in [6.45, 7) is -0.680. The number of aryl methyl sites for hydroxylation is 1. The van der Waals surface area contributed by atoms with Crippen LogP contribution in [-0.2, 0) is 7.05 Å². The van der Waals surface area contributed by atoms with E-state index in [1.165, 1.54) is 17.9 Å². The molecule has 0 radical (unpaired) electrons. The highest BCUT2D eigenvalue weighted by Crippen LogP contribution is 2.37. The molecule has 19 heavy (non-hydrogen) atoms. The molecule has 0 bridgehead atoms. The molecule has 0 atom stereocenters. The van der Waals surface area contributed by atoms with Crippen LogP contribution in [0.25, 0.3) is 10.6 Å². The molecule has 102 valence electrons. The minimum Gasteiger partial charge on any atom is -0.388 e. The van der Waals surface area contributed by atoms with Gasteiger partial charge in [-0.15, -0.1) is 11.3 Å². The Morgan fingerprint density at radius 3 is 2.84 bits per heavy atom. The van der Waals surface area contributed by atoms with Crippen LogP contribution in [0, 0.1) is 0 Å². The van der Waals surface area contributed by atoms with E-state index in [0.29, 0.717) is 5.56 Å². The zero-order valence-corrected chi connectivity index (χ0v) is 12.0. The average Bonchev–Trinajstić information content (AvgIpc) is 2.91. The second-order valence-electron chi connectivity index (χ2n) is 3.59. The lowest BCUT2D eigenvalue weighted by Gasteiger charge is -2.00. The first-order valence-electron chi connectivity index (χ1n) is 5.06. The molecule has 0 fully saturated rings. The van der Waals surface area contributed by atoms with E-state index in [1.54, 1.807) is 0 Å². The van der Waals surface area contributed by atoms with Crippen LogP contribution in [0.15, 0.2) is 9.98 Å². The van der Waals surface area contributed by atoms with Crippen LogP contribution in [-0.4, -0.2) is 32.3 Å². The molecule has 0 unspecified atom stereocenters. The predicted octanol–water partition coefficient (Wildman–Crippen LogP) is 2.42. The molecular formula is C10H8BrF2N3O2S. The van der Waals surface area contributed by atoms with Crippen LogP contribution in [0.3, 0.4) is 0 Å². The Balaban J connectivity index is 2.54. The Morgan fingerprint density at radius 2 is 2.32 bits per heavy atom. The molecule has 5 nitrogen and oxygen atoms in total. The van der Waals surface area contributed by atoms with Crippen molar-refractivity contribution in [2.45, 2.75) is 6.43 Å². The van der Waals surface area contributed by atoms with E-state index >= 15 is 0 Å². The summed E-state index contributed by atoms with van der Waals surface area (Å²) >= 11 is 4.00. The molecule has 2 aromatic rings. The molecular weight excluding hydrogens is 344 g/mol. The van der Waals surface area contributed by atoms with Crippen LogP contribution in [0.5, 0.6) is 0 Å². The molecule has 1 N–H and O–H groups in total. The molecule has 2 rings (SSSR count). The number of hydrogen-bond donors (Lipinski definition) is 1. The third-order valence-corrected chi connectivity index (χ3v) is 4.18. The maximum absolute atomic E-state index is 12.7. The van der Waals surface area contributed by atoms with Crippen LogP contribution < -0.4 is 0 Å². The molecule has 0 spiro atoms. The molecule has 0 aliphatic carbocycles. The van der Waals surface area contributed by atoms with E-state index in [1.807, 2.05) is 0 Å². The molecule has 0 saturated carbocycles. The zero-order valence-electron chi connectivity index (χ0n) is 9.60. The van der Waals surface area contributed by atoms with E-state index in [-0.39, 0.29) is 20.2 Å². The van der Waals surface area contributed by atoms with E-state index in [9.17, 15) is 13.6 Å². The van der Waals surface area contributed by atoms with Gasteiger partial charge in [0.15, 0.2) is 0 Å². The quantitative estimate of drug-likeness (QED) is 0.859. The van der Waals surface area contributed by atoms with Gasteiger partial charge in [-0.2, -0.15) is 5.10 Å². The van der Waals surface area contributed by atoms with Crippen LogP contribution >= 0.6 is 27.3 Å². The number of rotatable bonds is 4. The third kappa shape index (κ3) is 2.58. The van der Waals surface area contributed by atoms with Gasteiger partial charge in [0.2, 0.25) is 5.78 Å². The fourth-order valence-electron chi connectivity index (χ4n) is 1.56. The lowest BCUT2D eigenvalue weighted by molar-refractivity contribution is 0.0895. The molecule has 0 aliphatic heterocycles. The smallest absolute Gasteiger partial charge is 0.282 e. The van der Waals surface area contributed by atoms with Gasteiger partial charge in [-0.3, -0.25) is 9.48 Å². The number of aliphatic hydroxyl groups is 1. The number of carbonyl (C=O) groups is 1. The van der Waals surface area contributed by atoms with Crippen LogP contribution in [0.4, 0.5) is 8.78 Å². The Labute approximate surface area is 119 Å². The van der Waals surface area contributed by atoms with Crippen molar-refractivity contribution in [2.24, 2.45) is 7.05 Å². The fraction of sp³-hybridized carbons (Fsp3) is 0.300. The van der Waals surface area contributed by atoms with Gasteiger partial charge >= 0.3 is 0 Å². The topological polar surface area (TPSA) is 68.0 Å². The van der Waals surface area contributed by atoms with E-state index < -0.39 is 18.8 Å². The maximum atomic E-state index is 12.7. The van der Waals surface area contributed by atoms with E-state index in [4.69, 9.17) is 5.11 Å². The monoisotopic (exact) mass is 351 g/mol. The van der Waals surface area contributed by atoms with Crippen molar-refractivity contribution >= 4 is 33.0 Å². The zero-order chi connectivity index (χ0) is 14.2. The fourth-order valence-corrected chi connectivity index (χ4v) is 3.10. The molecule has 2 heterocycles. The predicted molar refractivity (Wildman–Crippen MR) is 68.4 cm³/mol. The number of aromatic nitrogens is 3. The maximum Gasteiger partial charge on any atom is 0.282 e. The van der Waals surface area contributed by atoms with Gasteiger partial charge in [0.05, 0.1) is 15.5 Å². The lowest BCUT2D eigenvalue weighted by atomic mass is 10.2. The molecule has 0 amide bonds. The number of hydrogen-bond acceptors (Lipinski definition) is 5. The minimum atomic E-state index is -2.70. The largest absolute Gasteiger partial charge is 0.388 e. The Kier molecular flexibility index (Phi) is 4.07. The van der Waals surface area contributed by atoms with Crippen molar-refractivity contribution in [3.63, 3.8) is 0 Å². The number of halogens is 3.